The first-order valence-corrected chi connectivity index (χ1v) is 9.69. The average molecular weight is 401 g/mol. The number of aryl methyl sites for hydroxylation is 1. The number of likely N-dealkylation sites (tertiary alicyclic amines) is 1. The number of hydrogen-bond donors (Lipinski definition) is 1. The number of rotatable bonds is 6. The number of hydrogen-bond acceptors (Lipinski definition) is 6. The van der Waals surface area contributed by atoms with E-state index in [1.807, 2.05) is 19.0 Å². The van der Waals surface area contributed by atoms with Crippen molar-refractivity contribution in [3.63, 3.8) is 0 Å². The zero-order valence-corrected chi connectivity index (χ0v) is 17.1. The van der Waals surface area contributed by atoms with Crippen molar-refractivity contribution in [1.82, 2.24) is 19.5 Å². The topological polar surface area (TPSA) is 101 Å². The molecule has 0 aromatic carbocycles. The first-order chi connectivity index (χ1) is 13.8. The van der Waals surface area contributed by atoms with Gasteiger partial charge in [0.2, 0.25) is 5.91 Å². The summed E-state index contributed by atoms with van der Waals surface area (Å²) in [5.41, 5.74) is 0.0531. The summed E-state index contributed by atoms with van der Waals surface area (Å²) in [5.74, 6) is 0.751. The molecule has 29 heavy (non-hydrogen) atoms. The van der Waals surface area contributed by atoms with E-state index < -0.39 is 5.91 Å². The fourth-order valence-corrected chi connectivity index (χ4v) is 3.64. The van der Waals surface area contributed by atoms with Crippen LogP contribution >= 0.6 is 0 Å². The van der Waals surface area contributed by atoms with Gasteiger partial charge in [0.25, 0.3) is 11.5 Å². The van der Waals surface area contributed by atoms with Crippen molar-refractivity contribution >= 4 is 17.6 Å². The van der Waals surface area contributed by atoms with Crippen LogP contribution in [0.1, 0.15) is 29.0 Å². The van der Waals surface area contributed by atoms with Crippen LogP contribution in [-0.2, 0) is 11.3 Å². The summed E-state index contributed by atoms with van der Waals surface area (Å²) in [6.45, 7) is 3.84. The summed E-state index contributed by atoms with van der Waals surface area (Å²) in [6, 6.07) is 4.43. The van der Waals surface area contributed by atoms with Crippen molar-refractivity contribution in [2.75, 3.05) is 39.0 Å². The van der Waals surface area contributed by atoms with Crippen LogP contribution in [0.15, 0.2) is 33.7 Å². The average Bonchev–Trinajstić information content (AvgIpc) is 3.07. The third kappa shape index (κ3) is 5.54. The van der Waals surface area contributed by atoms with Crippen LogP contribution in [0.2, 0.25) is 0 Å². The highest BCUT2D eigenvalue weighted by molar-refractivity contribution is 5.94. The second kappa shape index (κ2) is 9.04. The predicted molar refractivity (Wildman–Crippen MR) is 108 cm³/mol. The molecule has 2 aromatic heterocycles. The Kier molecular flexibility index (Phi) is 6.48. The number of carbonyl (C=O) groups is 2. The van der Waals surface area contributed by atoms with Gasteiger partial charge in [0.15, 0.2) is 5.82 Å². The molecule has 1 N–H and O–H groups in total. The monoisotopic (exact) mass is 401 g/mol. The van der Waals surface area contributed by atoms with Gasteiger partial charge in [-0.25, -0.2) is 0 Å². The Morgan fingerprint density at radius 3 is 2.83 bits per heavy atom. The van der Waals surface area contributed by atoms with E-state index in [4.69, 9.17) is 4.52 Å². The summed E-state index contributed by atoms with van der Waals surface area (Å²) >= 11 is 0. The Morgan fingerprint density at radius 1 is 1.34 bits per heavy atom. The molecule has 1 saturated heterocycles. The van der Waals surface area contributed by atoms with Gasteiger partial charge < -0.3 is 24.2 Å². The molecule has 156 valence electrons. The standard InChI is InChI=1S/C20H27N5O4/c1-14-9-17(22-29-14)21-18(26)13-25-12-16(6-7-19(25)27)20(28)24-8-4-5-15(11-24)10-23(2)3/h6-7,9,12,15H,4-5,8,10-11,13H2,1-3H3,(H,21,22,26)/t15-/m1/s1. The Morgan fingerprint density at radius 2 is 2.14 bits per heavy atom. The van der Waals surface area contributed by atoms with Gasteiger partial charge in [-0.15, -0.1) is 0 Å². The normalized spacial score (nSPS) is 16.8. The lowest BCUT2D eigenvalue weighted by Gasteiger charge is -2.34. The molecule has 2 aromatic rings. The molecule has 3 heterocycles. The Bertz CT molecular complexity index is 933. The minimum absolute atomic E-state index is 0.116. The van der Waals surface area contributed by atoms with Crippen molar-refractivity contribution in [3.8, 4) is 0 Å². The largest absolute Gasteiger partial charge is 0.360 e. The minimum atomic E-state index is -0.422. The summed E-state index contributed by atoms with van der Waals surface area (Å²) in [6.07, 6.45) is 3.51. The van der Waals surface area contributed by atoms with E-state index in [0.717, 1.165) is 19.4 Å². The maximum Gasteiger partial charge on any atom is 0.255 e. The highest BCUT2D eigenvalue weighted by Gasteiger charge is 2.25. The third-order valence-electron chi connectivity index (χ3n) is 4.87. The van der Waals surface area contributed by atoms with Crippen molar-refractivity contribution in [1.29, 1.82) is 0 Å². The second-order valence-corrected chi connectivity index (χ2v) is 7.78. The summed E-state index contributed by atoms with van der Waals surface area (Å²) in [4.78, 5) is 41.3. The lowest BCUT2D eigenvalue weighted by Crippen LogP contribution is -2.43. The lowest BCUT2D eigenvalue weighted by molar-refractivity contribution is -0.116. The van der Waals surface area contributed by atoms with Crippen molar-refractivity contribution in [2.24, 2.45) is 5.92 Å². The number of anilines is 1. The van der Waals surface area contributed by atoms with Crippen LogP contribution in [0, 0.1) is 12.8 Å². The van der Waals surface area contributed by atoms with Gasteiger partial charge in [0.1, 0.15) is 12.3 Å². The number of pyridine rings is 1. The molecule has 1 fully saturated rings. The van der Waals surface area contributed by atoms with E-state index in [1.165, 1.54) is 22.9 Å². The fraction of sp³-hybridized carbons (Fsp3) is 0.500. The Balaban J connectivity index is 1.68. The van der Waals surface area contributed by atoms with E-state index in [9.17, 15) is 14.4 Å². The third-order valence-corrected chi connectivity index (χ3v) is 4.87. The maximum absolute atomic E-state index is 12.9. The smallest absolute Gasteiger partial charge is 0.255 e. The van der Waals surface area contributed by atoms with E-state index >= 15 is 0 Å². The zero-order valence-electron chi connectivity index (χ0n) is 17.1. The zero-order chi connectivity index (χ0) is 21.0. The highest BCUT2D eigenvalue weighted by Crippen LogP contribution is 2.19. The quantitative estimate of drug-likeness (QED) is 0.781. The van der Waals surface area contributed by atoms with Gasteiger partial charge in [-0.1, -0.05) is 5.16 Å². The predicted octanol–water partition coefficient (Wildman–Crippen LogP) is 1.20. The number of nitrogens with zero attached hydrogens (tertiary/aromatic N) is 4. The molecule has 0 unspecified atom stereocenters. The van der Waals surface area contributed by atoms with E-state index in [2.05, 4.69) is 15.4 Å². The summed E-state index contributed by atoms with van der Waals surface area (Å²) < 4.78 is 6.14. The van der Waals surface area contributed by atoms with Crippen LogP contribution in [0.4, 0.5) is 5.82 Å². The van der Waals surface area contributed by atoms with Crippen molar-refractivity contribution in [3.05, 3.63) is 46.1 Å². The van der Waals surface area contributed by atoms with Gasteiger partial charge in [-0.3, -0.25) is 14.4 Å². The molecular formula is C20H27N5O4. The van der Waals surface area contributed by atoms with Crippen molar-refractivity contribution in [2.45, 2.75) is 26.3 Å². The summed E-state index contributed by atoms with van der Waals surface area (Å²) in [5, 5.41) is 6.27. The van der Waals surface area contributed by atoms with Crippen LogP contribution in [0.5, 0.6) is 0 Å². The van der Waals surface area contributed by atoms with Gasteiger partial charge in [-0.2, -0.15) is 0 Å². The second-order valence-electron chi connectivity index (χ2n) is 7.78. The van der Waals surface area contributed by atoms with Gasteiger partial charge in [-0.05, 0) is 45.8 Å². The van der Waals surface area contributed by atoms with Crippen molar-refractivity contribution < 1.29 is 14.1 Å². The molecule has 9 nitrogen and oxygen atoms in total. The first-order valence-electron chi connectivity index (χ1n) is 9.69. The molecule has 0 aliphatic carbocycles. The maximum atomic E-state index is 12.9. The van der Waals surface area contributed by atoms with Crippen LogP contribution in [-0.4, -0.2) is 65.1 Å². The van der Waals surface area contributed by atoms with Gasteiger partial charge >= 0.3 is 0 Å². The number of piperidine rings is 1. The number of nitrogens with one attached hydrogen (secondary N) is 1. The van der Waals surface area contributed by atoms with Crippen LogP contribution in [0.3, 0.4) is 0 Å². The number of aromatic nitrogens is 2. The summed E-state index contributed by atoms with van der Waals surface area (Å²) in [7, 11) is 4.06. The van der Waals surface area contributed by atoms with Gasteiger partial charge in [0, 0.05) is 38.0 Å². The molecule has 1 atom stereocenters. The van der Waals surface area contributed by atoms with Gasteiger partial charge in [0.05, 0.1) is 5.56 Å². The number of amides is 2. The molecule has 0 bridgehead atoms. The Hall–Kier alpha value is -2.94. The van der Waals surface area contributed by atoms with E-state index in [1.54, 1.807) is 13.0 Å². The molecule has 9 heteroatoms. The van der Waals surface area contributed by atoms with E-state index in [-0.39, 0.29) is 23.8 Å². The van der Waals surface area contributed by atoms with Crippen LogP contribution in [0.25, 0.3) is 0 Å². The minimum Gasteiger partial charge on any atom is -0.360 e. The van der Waals surface area contributed by atoms with Crippen LogP contribution < -0.4 is 10.9 Å². The SMILES string of the molecule is Cc1cc(NC(=O)Cn2cc(C(=O)N3CCC[C@H](CN(C)C)C3)ccc2=O)no1. The molecule has 0 saturated carbocycles. The Labute approximate surface area is 169 Å². The molecule has 3 rings (SSSR count). The fourth-order valence-electron chi connectivity index (χ4n) is 3.64. The molecule has 0 spiro atoms. The van der Waals surface area contributed by atoms with E-state index in [0.29, 0.717) is 30.3 Å². The first kappa shape index (κ1) is 20.8. The number of carbonyl (C=O) groups excluding carboxylic acids is 2. The molecule has 2 amide bonds. The molecule has 1 aliphatic heterocycles. The highest BCUT2D eigenvalue weighted by atomic mass is 16.5. The molecule has 0 radical (unpaired) electrons. The molecule has 1 aliphatic rings. The molecular weight excluding hydrogens is 374 g/mol. The lowest BCUT2D eigenvalue weighted by atomic mass is 9.97.